The van der Waals surface area contributed by atoms with Gasteiger partial charge in [0.15, 0.2) is 0 Å². The van der Waals surface area contributed by atoms with E-state index in [1.54, 1.807) is 10.9 Å². The summed E-state index contributed by atoms with van der Waals surface area (Å²) in [5.74, 6) is 0.160. The normalized spacial score (nSPS) is 20.9. The van der Waals surface area contributed by atoms with Crippen LogP contribution in [0.1, 0.15) is 18.4 Å². The van der Waals surface area contributed by atoms with Crippen molar-refractivity contribution < 1.29 is 4.79 Å². The molecule has 120 valence electrons. The highest BCUT2D eigenvalue weighted by Gasteiger charge is 2.38. The van der Waals surface area contributed by atoms with Crippen LogP contribution in [0, 0.1) is 0 Å². The molecule has 1 saturated heterocycles. The molecule has 1 aromatic carbocycles. The van der Waals surface area contributed by atoms with Gasteiger partial charge >= 0.3 is 0 Å². The van der Waals surface area contributed by atoms with E-state index in [1.165, 1.54) is 5.56 Å². The van der Waals surface area contributed by atoms with Gasteiger partial charge in [-0.3, -0.25) is 9.48 Å². The monoisotopic (exact) mass is 311 g/mol. The lowest BCUT2D eigenvalue weighted by Crippen LogP contribution is -2.44. The van der Waals surface area contributed by atoms with Crippen LogP contribution >= 0.6 is 0 Å². The molecular weight excluding hydrogens is 290 g/mol. The first-order valence-electron chi connectivity index (χ1n) is 8.09. The molecule has 6 nitrogen and oxygen atoms in total. The minimum Gasteiger partial charge on any atom is -0.398 e. The van der Waals surface area contributed by atoms with E-state index in [2.05, 4.69) is 16.1 Å². The number of carbonyl (C=O) groups excluding carboxylic acids is 1. The van der Waals surface area contributed by atoms with Gasteiger partial charge in [-0.05, 0) is 37.0 Å². The molecule has 2 aromatic rings. The Bertz CT molecular complexity index is 753. The van der Waals surface area contributed by atoms with E-state index in [9.17, 15) is 4.79 Å². The summed E-state index contributed by atoms with van der Waals surface area (Å²) in [6.07, 6.45) is 6.51. The van der Waals surface area contributed by atoms with E-state index in [4.69, 9.17) is 5.73 Å². The Labute approximate surface area is 135 Å². The van der Waals surface area contributed by atoms with E-state index in [0.29, 0.717) is 0 Å². The first-order valence-corrected chi connectivity index (χ1v) is 8.09. The van der Waals surface area contributed by atoms with Gasteiger partial charge in [0.2, 0.25) is 5.91 Å². The lowest BCUT2D eigenvalue weighted by Gasteiger charge is -2.35. The molecular formula is C17H21N5O. The van der Waals surface area contributed by atoms with Gasteiger partial charge < -0.3 is 15.5 Å². The van der Waals surface area contributed by atoms with Crippen molar-refractivity contribution in [3.63, 3.8) is 0 Å². The third-order valence-corrected chi connectivity index (χ3v) is 4.88. The predicted molar refractivity (Wildman–Crippen MR) is 90.5 cm³/mol. The second kappa shape index (κ2) is 5.30. The van der Waals surface area contributed by atoms with Crippen LogP contribution in [0.5, 0.6) is 0 Å². The maximum atomic E-state index is 12.9. The molecule has 0 radical (unpaired) electrons. The van der Waals surface area contributed by atoms with Crippen molar-refractivity contribution in [3.05, 3.63) is 36.2 Å². The minimum atomic E-state index is -0.101. The van der Waals surface area contributed by atoms with Gasteiger partial charge in [0, 0.05) is 37.7 Å². The topological polar surface area (TPSA) is 67.4 Å². The summed E-state index contributed by atoms with van der Waals surface area (Å²) in [5.41, 5.74) is 10.2. The molecule has 0 bridgehead atoms. The number of anilines is 3. The number of nitrogens with zero attached hydrogens (tertiary/aromatic N) is 4. The molecule has 0 spiro atoms. The van der Waals surface area contributed by atoms with Crippen molar-refractivity contribution in [3.8, 4) is 0 Å². The number of aromatic nitrogens is 2. The van der Waals surface area contributed by atoms with Crippen LogP contribution in [0.25, 0.3) is 0 Å². The highest BCUT2D eigenvalue weighted by molar-refractivity contribution is 6.01. The summed E-state index contributed by atoms with van der Waals surface area (Å²) in [7, 11) is 1.87. The van der Waals surface area contributed by atoms with Crippen molar-refractivity contribution in [2.45, 2.75) is 25.3 Å². The Balaban J connectivity index is 1.63. The zero-order valence-corrected chi connectivity index (χ0v) is 13.3. The van der Waals surface area contributed by atoms with E-state index < -0.39 is 0 Å². The van der Waals surface area contributed by atoms with Crippen molar-refractivity contribution in [2.24, 2.45) is 7.05 Å². The SMILES string of the molecule is Cn1cc(N2CCC(N3CCCc4c(N)cccc43)C2=O)cn1. The molecule has 6 heteroatoms. The van der Waals surface area contributed by atoms with Gasteiger partial charge in [-0.25, -0.2) is 0 Å². The zero-order valence-electron chi connectivity index (χ0n) is 13.3. The van der Waals surface area contributed by atoms with Crippen molar-refractivity contribution >= 4 is 23.0 Å². The standard InChI is InChI=1S/C17H21N5O/c1-20-11-12(10-19-20)21-9-7-16(17(21)23)22-8-3-4-13-14(18)5-2-6-15(13)22/h2,5-6,10-11,16H,3-4,7-9,18H2,1H3. The maximum Gasteiger partial charge on any atom is 0.249 e. The molecule has 0 aliphatic carbocycles. The highest BCUT2D eigenvalue weighted by Crippen LogP contribution is 2.35. The molecule has 1 aromatic heterocycles. The van der Waals surface area contributed by atoms with Crippen molar-refractivity contribution in [1.29, 1.82) is 0 Å². The summed E-state index contributed by atoms with van der Waals surface area (Å²) < 4.78 is 1.73. The molecule has 4 rings (SSSR count). The Kier molecular flexibility index (Phi) is 3.25. The number of hydrogen-bond acceptors (Lipinski definition) is 4. The molecule has 2 N–H and O–H groups in total. The van der Waals surface area contributed by atoms with E-state index in [1.807, 2.05) is 30.3 Å². The van der Waals surface area contributed by atoms with Crippen LogP contribution in [-0.2, 0) is 18.3 Å². The number of nitrogens with two attached hydrogens (primary N) is 1. The molecule has 1 amide bonds. The first kappa shape index (κ1) is 14.1. The fourth-order valence-electron chi connectivity index (χ4n) is 3.76. The maximum absolute atomic E-state index is 12.9. The summed E-state index contributed by atoms with van der Waals surface area (Å²) in [5, 5.41) is 4.17. The number of nitrogen functional groups attached to an aromatic ring is 1. The Hall–Kier alpha value is -2.50. The van der Waals surface area contributed by atoms with Crippen LogP contribution in [0.2, 0.25) is 0 Å². The number of hydrogen-bond donors (Lipinski definition) is 1. The summed E-state index contributed by atoms with van der Waals surface area (Å²) >= 11 is 0. The number of benzene rings is 1. The average molecular weight is 311 g/mol. The second-order valence-corrected chi connectivity index (χ2v) is 6.31. The fraction of sp³-hybridized carbons (Fsp3) is 0.412. The fourth-order valence-corrected chi connectivity index (χ4v) is 3.76. The van der Waals surface area contributed by atoms with Crippen molar-refractivity contribution in [1.82, 2.24) is 9.78 Å². The predicted octanol–water partition coefficient (Wildman–Crippen LogP) is 1.56. The summed E-state index contributed by atoms with van der Waals surface area (Å²) in [6, 6.07) is 5.91. The lowest BCUT2D eigenvalue weighted by atomic mass is 9.98. The molecule has 2 aliphatic heterocycles. The summed E-state index contributed by atoms with van der Waals surface area (Å²) in [6.45, 7) is 1.65. The number of aryl methyl sites for hydroxylation is 1. The largest absolute Gasteiger partial charge is 0.398 e. The van der Waals surface area contributed by atoms with Crippen LogP contribution in [0.15, 0.2) is 30.6 Å². The number of amides is 1. The molecule has 0 saturated carbocycles. The van der Waals surface area contributed by atoms with Gasteiger partial charge in [-0.1, -0.05) is 6.07 Å². The van der Waals surface area contributed by atoms with Crippen molar-refractivity contribution in [2.75, 3.05) is 28.6 Å². The van der Waals surface area contributed by atoms with E-state index in [0.717, 1.165) is 49.4 Å². The third kappa shape index (κ3) is 2.25. The lowest BCUT2D eigenvalue weighted by molar-refractivity contribution is -0.118. The molecule has 1 unspecified atom stereocenters. The number of carbonyl (C=O) groups is 1. The van der Waals surface area contributed by atoms with Crippen LogP contribution in [0.3, 0.4) is 0 Å². The van der Waals surface area contributed by atoms with Gasteiger partial charge in [0.05, 0.1) is 11.9 Å². The Morgan fingerprint density at radius 3 is 2.96 bits per heavy atom. The molecule has 3 heterocycles. The third-order valence-electron chi connectivity index (χ3n) is 4.88. The second-order valence-electron chi connectivity index (χ2n) is 6.31. The molecule has 2 aliphatic rings. The summed E-state index contributed by atoms with van der Waals surface area (Å²) in [4.78, 5) is 17.0. The molecule has 23 heavy (non-hydrogen) atoms. The number of rotatable bonds is 2. The zero-order chi connectivity index (χ0) is 16.0. The van der Waals surface area contributed by atoms with E-state index >= 15 is 0 Å². The van der Waals surface area contributed by atoms with Crippen LogP contribution in [-0.4, -0.2) is 34.8 Å². The van der Waals surface area contributed by atoms with Gasteiger partial charge in [0.25, 0.3) is 0 Å². The Morgan fingerprint density at radius 1 is 1.30 bits per heavy atom. The molecule has 1 fully saturated rings. The highest BCUT2D eigenvalue weighted by atomic mass is 16.2. The van der Waals surface area contributed by atoms with Crippen LogP contribution < -0.4 is 15.5 Å². The smallest absolute Gasteiger partial charge is 0.249 e. The quantitative estimate of drug-likeness (QED) is 0.855. The van der Waals surface area contributed by atoms with Gasteiger partial charge in [0.1, 0.15) is 6.04 Å². The minimum absolute atomic E-state index is 0.101. The molecule has 1 atom stereocenters. The van der Waals surface area contributed by atoms with Gasteiger partial charge in [-0.2, -0.15) is 5.10 Å². The Morgan fingerprint density at radius 2 is 2.17 bits per heavy atom. The van der Waals surface area contributed by atoms with Crippen LogP contribution in [0.4, 0.5) is 17.1 Å². The van der Waals surface area contributed by atoms with Gasteiger partial charge in [-0.15, -0.1) is 0 Å². The number of fused-ring (bicyclic) bond motifs is 1. The average Bonchev–Trinajstić information content (AvgIpc) is 3.13. The van der Waals surface area contributed by atoms with E-state index in [-0.39, 0.29) is 11.9 Å². The first-order chi connectivity index (χ1) is 11.1.